The highest BCUT2D eigenvalue weighted by Crippen LogP contribution is 2.32. The number of sulfonamides is 1. The molecule has 0 atom stereocenters. The molecule has 0 fully saturated rings. The fourth-order valence-electron chi connectivity index (χ4n) is 2.28. The van der Waals surface area contributed by atoms with E-state index in [4.69, 9.17) is 15.9 Å². The van der Waals surface area contributed by atoms with Gasteiger partial charge >= 0.3 is 0 Å². The smallest absolute Gasteiger partial charge is 0.262 e. The topological polar surface area (TPSA) is 105 Å². The van der Waals surface area contributed by atoms with E-state index in [1.165, 1.54) is 24.3 Å². The summed E-state index contributed by atoms with van der Waals surface area (Å²) in [4.78, 5) is 0.140. The van der Waals surface area contributed by atoms with Crippen LogP contribution >= 0.6 is 0 Å². The Kier molecular flexibility index (Phi) is 4.90. The first-order chi connectivity index (χ1) is 12.5. The first kappa shape index (κ1) is 17.5. The molecule has 0 aliphatic rings. The summed E-state index contributed by atoms with van der Waals surface area (Å²) in [7, 11) is -3.78. The zero-order valence-electron chi connectivity index (χ0n) is 13.7. The average molecular weight is 367 g/mol. The van der Waals surface area contributed by atoms with Gasteiger partial charge in [0.2, 0.25) is 0 Å². The van der Waals surface area contributed by atoms with E-state index in [0.29, 0.717) is 11.3 Å². The Labute approximate surface area is 151 Å². The maximum atomic E-state index is 12.6. The summed E-state index contributed by atoms with van der Waals surface area (Å²) >= 11 is 0. The molecular weight excluding hydrogens is 350 g/mol. The Morgan fingerprint density at radius 3 is 2.15 bits per heavy atom. The van der Waals surface area contributed by atoms with Gasteiger partial charge in [-0.25, -0.2) is 8.42 Å². The van der Waals surface area contributed by atoms with Crippen LogP contribution in [0.5, 0.6) is 11.5 Å². The molecule has 0 aromatic heterocycles. The zero-order chi connectivity index (χ0) is 18.6. The number of amidine groups is 1. The molecule has 0 bridgehead atoms. The molecule has 3 rings (SSSR count). The van der Waals surface area contributed by atoms with Crippen molar-refractivity contribution < 1.29 is 13.2 Å². The fourth-order valence-corrected chi connectivity index (χ4v) is 3.37. The average Bonchev–Trinajstić information content (AvgIpc) is 2.64. The van der Waals surface area contributed by atoms with Crippen LogP contribution in [0, 0.1) is 5.41 Å². The molecule has 3 aromatic carbocycles. The second-order valence-corrected chi connectivity index (χ2v) is 7.14. The van der Waals surface area contributed by atoms with Gasteiger partial charge in [-0.15, -0.1) is 0 Å². The SMILES string of the molecule is N=C(N)c1ccc(NS(=O)(=O)c2ccccc2)c(Oc2ccccc2)c1. The number of hydrogen-bond acceptors (Lipinski definition) is 4. The molecule has 0 aliphatic carbocycles. The molecule has 0 amide bonds. The number of benzene rings is 3. The highest BCUT2D eigenvalue weighted by molar-refractivity contribution is 7.92. The van der Waals surface area contributed by atoms with Crippen molar-refractivity contribution >= 4 is 21.5 Å². The molecular formula is C19H17N3O3S. The van der Waals surface area contributed by atoms with E-state index in [1.807, 2.05) is 6.07 Å². The van der Waals surface area contributed by atoms with Crippen molar-refractivity contribution in [1.82, 2.24) is 0 Å². The Morgan fingerprint density at radius 2 is 1.54 bits per heavy atom. The Hall–Kier alpha value is -3.32. The number of nitrogen functional groups attached to an aromatic ring is 1. The molecule has 0 saturated carbocycles. The summed E-state index contributed by atoms with van der Waals surface area (Å²) in [6.45, 7) is 0. The third-order valence-electron chi connectivity index (χ3n) is 3.56. The zero-order valence-corrected chi connectivity index (χ0v) is 14.5. The first-order valence-electron chi connectivity index (χ1n) is 7.75. The van der Waals surface area contributed by atoms with Crippen LogP contribution < -0.4 is 15.2 Å². The standard InChI is InChI=1S/C19H17N3O3S/c20-19(21)14-11-12-17(18(13-14)25-15-7-3-1-4-8-15)22-26(23,24)16-9-5-2-6-10-16/h1-13,22H,(H3,20,21). The quantitative estimate of drug-likeness (QED) is 0.457. The Bertz CT molecular complexity index is 1020. The van der Waals surface area contributed by atoms with Crippen LogP contribution in [-0.2, 0) is 10.0 Å². The monoisotopic (exact) mass is 367 g/mol. The summed E-state index contributed by atoms with van der Waals surface area (Å²) in [6, 6.07) is 21.6. The number of hydrogen-bond donors (Lipinski definition) is 3. The van der Waals surface area contributed by atoms with Gasteiger partial charge in [0.25, 0.3) is 10.0 Å². The highest BCUT2D eigenvalue weighted by Gasteiger charge is 2.17. The fraction of sp³-hybridized carbons (Fsp3) is 0. The summed E-state index contributed by atoms with van der Waals surface area (Å²) < 4.78 is 33.5. The van der Waals surface area contributed by atoms with Crippen LogP contribution in [-0.4, -0.2) is 14.3 Å². The van der Waals surface area contributed by atoms with Crippen molar-refractivity contribution in [2.75, 3.05) is 4.72 Å². The number of nitrogens with two attached hydrogens (primary N) is 1. The van der Waals surface area contributed by atoms with Crippen molar-refractivity contribution in [3.05, 3.63) is 84.4 Å². The van der Waals surface area contributed by atoms with Crippen LogP contribution in [0.15, 0.2) is 83.8 Å². The minimum Gasteiger partial charge on any atom is -0.455 e. The number of ether oxygens (including phenoxy) is 1. The molecule has 0 unspecified atom stereocenters. The van der Waals surface area contributed by atoms with Gasteiger partial charge in [0.15, 0.2) is 5.75 Å². The van der Waals surface area contributed by atoms with E-state index < -0.39 is 10.0 Å². The van der Waals surface area contributed by atoms with Gasteiger partial charge in [0.1, 0.15) is 11.6 Å². The van der Waals surface area contributed by atoms with E-state index >= 15 is 0 Å². The second kappa shape index (κ2) is 7.28. The lowest BCUT2D eigenvalue weighted by atomic mass is 10.2. The van der Waals surface area contributed by atoms with E-state index in [1.54, 1.807) is 48.5 Å². The second-order valence-electron chi connectivity index (χ2n) is 5.46. The molecule has 0 radical (unpaired) electrons. The lowest BCUT2D eigenvalue weighted by Gasteiger charge is -2.15. The number of para-hydroxylation sites is 1. The summed E-state index contributed by atoms with van der Waals surface area (Å²) in [5.41, 5.74) is 6.22. The first-order valence-corrected chi connectivity index (χ1v) is 9.23. The van der Waals surface area contributed by atoms with Gasteiger partial charge in [-0.05, 0) is 42.5 Å². The molecule has 7 heteroatoms. The molecule has 0 saturated heterocycles. The van der Waals surface area contributed by atoms with Gasteiger partial charge in [-0.3, -0.25) is 10.1 Å². The van der Waals surface area contributed by atoms with Crippen molar-refractivity contribution in [2.45, 2.75) is 4.90 Å². The third kappa shape index (κ3) is 4.01. The summed E-state index contributed by atoms with van der Waals surface area (Å²) in [6.07, 6.45) is 0. The van der Waals surface area contributed by atoms with E-state index in [-0.39, 0.29) is 22.2 Å². The van der Waals surface area contributed by atoms with Gasteiger partial charge in [-0.2, -0.15) is 0 Å². The van der Waals surface area contributed by atoms with Gasteiger partial charge in [0.05, 0.1) is 10.6 Å². The minimum absolute atomic E-state index is 0.139. The van der Waals surface area contributed by atoms with E-state index in [0.717, 1.165) is 0 Å². The largest absolute Gasteiger partial charge is 0.455 e. The van der Waals surface area contributed by atoms with Crippen molar-refractivity contribution in [1.29, 1.82) is 5.41 Å². The van der Waals surface area contributed by atoms with Crippen molar-refractivity contribution in [3.63, 3.8) is 0 Å². The maximum Gasteiger partial charge on any atom is 0.262 e. The highest BCUT2D eigenvalue weighted by atomic mass is 32.2. The molecule has 4 N–H and O–H groups in total. The van der Waals surface area contributed by atoms with Gasteiger partial charge < -0.3 is 10.5 Å². The number of nitrogens with one attached hydrogen (secondary N) is 2. The molecule has 132 valence electrons. The predicted octanol–water partition coefficient (Wildman–Crippen LogP) is 3.56. The molecule has 0 aliphatic heterocycles. The number of anilines is 1. The van der Waals surface area contributed by atoms with Gasteiger partial charge in [0, 0.05) is 5.56 Å². The van der Waals surface area contributed by atoms with Crippen LogP contribution in [0.1, 0.15) is 5.56 Å². The van der Waals surface area contributed by atoms with Crippen molar-refractivity contribution in [3.8, 4) is 11.5 Å². The minimum atomic E-state index is -3.78. The van der Waals surface area contributed by atoms with Crippen LogP contribution in [0.2, 0.25) is 0 Å². The number of rotatable bonds is 6. The summed E-state index contributed by atoms with van der Waals surface area (Å²) in [5, 5.41) is 7.58. The van der Waals surface area contributed by atoms with E-state index in [2.05, 4.69) is 4.72 Å². The maximum absolute atomic E-state index is 12.6. The molecule has 6 nitrogen and oxygen atoms in total. The lowest BCUT2D eigenvalue weighted by molar-refractivity contribution is 0.484. The molecule has 0 heterocycles. The summed E-state index contributed by atoms with van der Waals surface area (Å²) in [5.74, 6) is 0.650. The van der Waals surface area contributed by atoms with E-state index in [9.17, 15) is 8.42 Å². The van der Waals surface area contributed by atoms with Gasteiger partial charge in [-0.1, -0.05) is 36.4 Å². The van der Waals surface area contributed by atoms with Crippen LogP contribution in [0.4, 0.5) is 5.69 Å². The van der Waals surface area contributed by atoms with Crippen LogP contribution in [0.25, 0.3) is 0 Å². The van der Waals surface area contributed by atoms with Crippen LogP contribution in [0.3, 0.4) is 0 Å². The molecule has 26 heavy (non-hydrogen) atoms. The normalized spacial score (nSPS) is 10.9. The molecule has 0 spiro atoms. The lowest BCUT2D eigenvalue weighted by Crippen LogP contribution is -2.15. The Morgan fingerprint density at radius 1 is 0.923 bits per heavy atom. The van der Waals surface area contributed by atoms with Crippen molar-refractivity contribution in [2.24, 2.45) is 5.73 Å². The Balaban J connectivity index is 1.99. The third-order valence-corrected chi connectivity index (χ3v) is 4.94. The molecule has 3 aromatic rings. The predicted molar refractivity (Wildman–Crippen MR) is 101 cm³/mol.